The SMILES string of the molecule is CC(C)c1cnc(-c2cc(Cl)ccc2F)nc1NC(=C1CC2CCC2C1)c1c(C(=O)C(N)=O)c[nH]c1N. The molecule has 2 saturated carbocycles. The van der Waals surface area contributed by atoms with E-state index >= 15 is 0 Å². The molecule has 5 rings (SSSR count). The van der Waals surface area contributed by atoms with Crippen molar-refractivity contribution in [3.8, 4) is 11.4 Å². The second kappa shape index (κ2) is 9.63. The van der Waals surface area contributed by atoms with Crippen LogP contribution in [0.3, 0.4) is 0 Å². The van der Waals surface area contributed by atoms with E-state index in [-0.39, 0.29) is 28.7 Å². The molecule has 3 aromatic rings. The molecule has 37 heavy (non-hydrogen) atoms. The second-order valence-electron chi connectivity index (χ2n) is 10.1. The van der Waals surface area contributed by atoms with Gasteiger partial charge in [0.1, 0.15) is 17.5 Å². The predicted octanol–water partition coefficient (Wildman–Crippen LogP) is 5.28. The molecule has 0 bridgehead atoms. The number of rotatable bonds is 7. The normalized spacial score (nSPS) is 18.5. The lowest BCUT2D eigenvalue weighted by molar-refractivity contribution is -0.114. The largest absolute Gasteiger partial charge is 0.385 e. The molecule has 0 spiro atoms. The summed E-state index contributed by atoms with van der Waals surface area (Å²) in [5.41, 5.74) is 14.8. The minimum absolute atomic E-state index is 0.0297. The van der Waals surface area contributed by atoms with Crippen LogP contribution in [0.5, 0.6) is 0 Å². The van der Waals surface area contributed by atoms with Crippen LogP contribution < -0.4 is 16.8 Å². The third kappa shape index (κ3) is 4.59. The molecule has 2 aliphatic carbocycles. The zero-order chi connectivity index (χ0) is 26.4. The zero-order valence-corrected chi connectivity index (χ0v) is 21.3. The highest BCUT2D eigenvalue weighted by Crippen LogP contribution is 2.51. The van der Waals surface area contributed by atoms with Gasteiger partial charge >= 0.3 is 0 Å². The van der Waals surface area contributed by atoms with Crippen molar-refractivity contribution >= 4 is 40.6 Å². The fourth-order valence-electron chi connectivity index (χ4n) is 5.27. The number of ketones is 1. The maximum Gasteiger partial charge on any atom is 0.289 e. The summed E-state index contributed by atoms with van der Waals surface area (Å²) in [5, 5.41) is 3.79. The number of aromatic nitrogens is 3. The van der Waals surface area contributed by atoms with Crippen LogP contribution in [0.15, 0.2) is 36.2 Å². The van der Waals surface area contributed by atoms with Crippen LogP contribution >= 0.6 is 11.6 Å². The van der Waals surface area contributed by atoms with Crippen molar-refractivity contribution in [3.05, 3.63) is 63.7 Å². The molecule has 1 amide bonds. The Balaban J connectivity index is 1.67. The van der Waals surface area contributed by atoms with E-state index in [1.807, 2.05) is 13.8 Å². The summed E-state index contributed by atoms with van der Waals surface area (Å²) < 4.78 is 14.7. The Morgan fingerprint density at radius 1 is 1.22 bits per heavy atom. The second-order valence-corrected chi connectivity index (χ2v) is 10.5. The number of fused-ring (bicyclic) bond motifs is 1. The number of nitrogen functional groups attached to an aromatic ring is 1. The summed E-state index contributed by atoms with van der Waals surface area (Å²) in [5.74, 6) is -0.360. The Labute approximate surface area is 218 Å². The number of halogens is 2. The molecule has 2 fully saturated rings. The van der Waals surface area contributed by atoms with E-state index in [1.165, 1.54) is 24.4 Å². The number of nitrogens with one attached hydrogen (secondary N) is 2. The number of carbonyl (C=O) groups is 2. The maximum atomic E-state index is 14.7. The summed E-state index contributed by atoms with van der Waals surface area (Å²) in [6.07, 6.45) is 7.06. The Morgan fingerprint density at radius 3 is 2.54 bits per heavy atom. The van der Waals surface area contributed by atoms with Gasteiger partial charge in [0.15, 0.2) is 5.82 Å². The molecular formula is C27H28ClFN6O2. The molecular weight excluding hydrogens is 495 g/mol. The third-order valence-corrected chi connectivity index (χ3v) is 7.66. The van der Waals surface area contributed by atoms with E-state index < -0.39 is 17.5 Å². The van der Waals surface area contributed by atoms with Crippen LogP contribution in [-0.4, -0.2) is 26.6 Å². The van der Waals surface area contributed by atoms with E-state index in [0.29, 0.717) is 33.9 Å². The molecule has 8 nitrogen and oxygen atoms in total. The van der Waals surface area contributed by atoms with Crippen LogP contribution in [0.1, 0.15) is 66.9 Å². The van der Waals surface area contributed by atoms with Gasteiger partial charge in [-0.15, -0.1) is 0 Å². The molecule has 2 heterocycles. The molecule has 0 radical (unpaired) electrons. The van der Waals surface area contributed by atoms with Gasteiger partial charge in [-0.3, -0.25) is 9.59 Å². The number of Topliss-reactive ketones (excluding diaryl/α,β-unsaturated/α-hetero) is 1. The number of anilines is 2. The van der Waals surface area contributed by atoms with Gasteiger partial charge in [-0.1, -0.05) is 25.4 Å². The molecule has 2 atom stereocenters. The smallest absolute Gasteiger partial charge is 0.289 e. The van der Waals surface area contributed by atoms with Gasteiger partial charge < -0.3 is 21.8 Å². The molecule has 192 valence electrons. The van der Waals surface area contributed by atoms with Crippen LogP contribution in [0.4, 0.5) is 16.0 Å². The highest BCUT2D eigenvalue weighted by molar-refractivity contribution is 6.43. The number of nitrogens with zero attached hydrogens (tertiary/aromatic N) is 2. The highest BCUT2D eigenvalue weighted by atomic mass is 35.5. The fourth-order valence-corrected chi connectivity index (χ4v) is 5.45. The Hall–Kier alpha value is -3.72. The van der Waals surface area contributed by atoms with Crippen LogP contribution in [0.25, 0.3) is 17.1 Å². The van der Waals surface area contributed by atoms with Gasteiger partial charge in [0, 0.05) is 23.0 Å². The van der Waals surface area contributed by atoms with Gasteiger partial charge in [-0.25, -0.2) is 14.4 Å². The molecule has 10 heteroatoms. The lowest BCUT2D eigenvalue weighted by Gasteiger charge is -2.28. The average Bonchev–Trinajstić information content (AvgIpc) is 3.37. The summed E-state index contributed by atoms with van der Waals surface area (Å²) >= 11 is 6.12. The minimum atomic E-state index is -1.07. The average molecular weight is 523 g/mol. The van der Waals surface area contributed by atoms with E-state index in [1.54, 1.807) is 6.20 Å². The molecule has 2 aliphatic rings. The number of carbonyl (C=O) groups excluding carboxylic acids is 2. The molecule has 0 saturated heterocycles. The number of amides is 1. The number of hydrogen-bond acceptors (Lipinski definition) is 6. The van der Waals surface area contributed by atoms with Crippen molar-refractivity contribution in [1.29, 1.82) is 0 Å². The fraction of sp³-hybridized carbons (Fsp3) is 0.333. The van der Waals surface area contributed by atoms with Crippen molar-refractivity contribution < 1.29 is 14.0 Å². The summed E-state index contributed by atoms with van der Waals surface area (Å²) in [4.78, 5) is 36.5. The monoisotopic (exact) mass is 522 g/mol. The summed E-state index contributed by atoms with van der Waals surface area (Å²) in [6, 6.07) is 4.21. The van der Waals surface area contributed by atoms with Gasteiger partial charge in [0.2, 0.25) is 0 Å². The first-order chi connectivity index (χ1) is 17.6. The lowest BCUT2D eigenvalue weighted by atomic mass is 9.77. The Kier molecular flexibility index (Phi) is 6.49. The predicted molar refractivity (Wildman–Crippen MR) is 141 cm³/mol. The van der Waals surface area contributed by atoms with E-state index in [2.05, 4.69) is 15.3 Å². The topological polar surface area (TPSA) is 140 Å². The number of aromatic amines is 1. The van der Waals surface area contributed by atoms with Crippen molar-refractivity contribution in [2.75, 3.05) is 11.1 Å². The molecule has 0 aliphatic heterocycles. The number of nitrogens with two attached hydrogens (primary N) is 2. The molecule has 6 N–H and O–H groups in total. The third-order valence-electron chi connectivity index (χ3n) is 7.43. The maximum absolute atomic E-state index is 14.7. The Morgan fingerprint density at radius 2 is 1.92 bits per heavy atom. The van der Waals surface area contributed by atoms with E-state index in [9.17, 15) is 14.0 Å². The number of primary amides is 1. The van der Waals surface area contributed by atoms with Gasteiger partial charge in [0.25, 0.3) is 11.7 Å². The van der Waals surface area contributed by atoms with Crippen LogP contribution in [0.2, 0.25) is 5.02 Å². The number of allylic oxidation sites excluding steroid dienone is 1. The minimum Gasteiger partial charge on any atom is -0.385 e. The van der Waals surface area contributed by atoms with Crippen molar-refractivity contribution in [1.82, 2.24) is 15.0 Å². The van der Waals surface area contributed by atoms with Gasteiger partial charge in [0.05, 0.1) is 22.4 Å². The van der Waals surface area contributed by atoms with Crippen molar-refractivity contribution in [2.45, 2.75) is 45.4 Å². The van der Waals surface area contributed by atoms with Crippen molar-refractivity contribution in [2.24, 2.45) is 17.6 Å². The number of benzene rings is 1. The first-order valence-corrected chi connectivity index (χ1v) is 12.6. The van der Waals surface area contributed by atoms with E-state index in [4.69, 9.17) is 28.1 Å². The first-order valence-electron chi connectivity index (χ1n) is 12.3. The number of H-pyrrole nitrogens is 1. The molecule has 1 aromatic carbocycles. The first kappa shape index (κ1) is 25.0. The molecule has 2 aromatic heterocycles. The van der Waals surface area contributed by atoms with Crippen LogP contribution in [-0.2, 0) is 4.79 Å². The molecule has 2 unspecified atom stereocenters. The Bertz CT molecular complexity index is 1430. The number of hydrogen-bond donors (Lipinski definition) is 4. The van der Waals surface area contributed by atoms with E-state index in [0.717, 1.165) is 36.8 Å². The van der Waals surface area contributed by atoms with Gasteiger partial charge in [-0.2, -0.15) is 0 Å². The lowest BCUT2D eigenvalue weighted by Crippen LogP contribution is -2.24. The highest BCUT2D eigenvalue weighted by Gasteiger charge is 2.39. The van der Waals surface area contributed by atoms with Crippen LogP contribution in [0, 0.1) is 17.7 Å². The quantitative estimate of drug-likeness (QED) is 0.246. The summed E-state index contributed by atoms with van der Waals surface area (Å²) in [6.45, 7) is 4.00. The van der Waals surface area contributed by atoms with Crippen molar-refractivity contribution in [3.63, 3.8) is 0 Å². The summed E-state index contributed by atoms with van der Waals surface area (Å²) in [7, 11) is 0. The van der Waals surface area contributed by atoms with Gasteiger partial charge in [-0.05, 0) is 67.2 Å². The zero-order valence-electron chi connectivity index (χ0n) is 20.6. The standard InChI is InChI=1S/C27H28ClFN6O2/c1-12(2)18-10-33-26(17-9-16(28)5-6-20(17)29)35-27(18)34-22(15-7-13-3-4-14(13)8-15)21-19(11-32-24(21)30)23(36)25(31)37/h5-6,9-14,32H,3-4,7-8,30H2,1-2H3,(H2,31,37)(H,33,34,35).